The van der Waals surface area contributed by atoms with Crippen LogP contribution in [-0.4, -0.2) is 34.5 Å². The summed E-state index contributed by atoms with van der Waals surface area (Å²) in [6.07, 6.45) is 0. The van der Waals surface area contributed by atoms with Gasteiger partial charge in [-0.3, -0.25) is 0 Å². The highest BCUT2D eigenvalue weighted by Gasteiger charge is 2.34. The van der Waals surface area contributed by atoms with E-state index in [-0.39, 0.29) is 17.9 Å². The minimum absolute atomic E-state index is 0.0551. The number of methoxy groups -OCH3 is 1. The zero-order chi connectivity index (χ0) is 23.9. The van der Waals surface area contributed by atoms with Crippen molar-refractivity contribution in [1.29, 1.82) is 0 Å². The molecule has 0 fully saturated rings. The van der Waals surface area contributed by atoms with Crippen LogP contribution in [0.5, 0.6) is 5.75 Å². The molecule has 0 aliphatic carbocycles. The van der Waals surface area contributed by atoms with E-state index >= 15 is 0 Å². The van der Waals surface area contributed by atoms with Crippen LogP contribution in [0, 0.1) is 11.6 Å². The first kappa shape index (κ1) is 22.5. The van der Waals surface area contributed by atoms with Crippen molar-refractivity contribution in [3.63, 3.8) is 0 Å². The molecule has 4 aromatic rings. The summed E-state index contributed by atoms with van der Waals surface area (Å²) in [4.78, 5) is 12.1. The average molecular weight is 451 g/mol. The highest BCUT2D eigenvalue weighted by Crippen LogP contribution is 2.46. The molecule has 170 valence electrons. The number of carbonyl (C=O) groups is 1. The van der Waals surface area contributed by atoms with Crippen LogP contribution in [0.3, 0.4) is 0 Å². The van der Waals surface area contributed by atoms with Gasteiger partial charge in [0.2, 0.25) is 0 Å². The van der Waals surface area contributed by atoms with Gasteiger partial charge < -0.3 is 19.5 Å². The van der Waals surface area contributed by atoms with Gasteiger partial charge in [0.05, 0.1) is 17.7 Å². The number of phenols is 1. The van der Waals surface area contributed by atoms with E-state index in [9.17, 15) is 23.8 Å². The van der Waals surface area contributed by atoms with Crippen LogP contribution in [-0.2, 0) is 10.2 Å². The molecule has 1 aromatic heterocycles. The Balaban J connectivity index is 2.25. The first-order valence-electron chi connectivity index (χ1n) is 10.3. The summed E-state index contributed by atoms with van der Waals surface area (Å²) in [5, 5.41) is 21.2. The first-order valence-corrected chi connectivity index (χ1v) is 10.3. The van der Waals surface area contributed by atoms with Crippen LogP contribution < -0.4 is 0 Å². The fourth-order valence-electron chi connectivity index (χ4n) is 4.43. The lowest BCUT2D eigenvalue weighted by Gasteiger charge is -2.28. The number of benzene rings is 3. The largest absolute Gasteiger partial charge is 0.507 e. The van der Waals surface area contributed by atoms with Crippen molar-refractivity contribution >= 4 is 16.9 Å². The van der Waals surface area contributed by atoms with E-state index in [0.717, 1.165) is 12.1 Å². The monoisotopic (exact) mass is 451 g/mol. The van der Waals surface area contributed by atoms with Crippen LogP contribution in [0.25, 0.3) is 27.7 Å². The molecule has 0 aliphatic heterocycles. The number of aromatic hydroxyl groups is 1. The smallest absolute Gasteiger partial charge is 0.336 e. The average Bonchev–Trinajstić information content (AvgIpc) is 3.13. The van der Waals surface area contributed by atoms with Crippen molar-refractivity contribution in [2.75, 3.05) is 13.7 Å². The molecule has 0 spiro atoms. The molecule has 0 saturated carbocycles. The number of fused-ring (bicyclic) bond motifs is 1. The zero-order valence-corrected chi connectivity index (χ0v) is 18.4. The van der Waals surface area contributed by atoms with Gasteiger partial charge in [-0.1, -0.05) is 38.1 Å². The molecular formula is C26H23F2NO4. The number of hydrogen-bond acceptors (Lipinski definition) is 3. The highest BCUT2D eigenvalue weighted by atomic mass is 19.2. The second-order valence-corrected chi connectivity index (χ2v) is 8.50. The number of aromatic nitrogens is 1. The number of phenolic OH excluding ortho intramolecular Hbond substituents is 1. The number of carboxylic acid groups (broad SMARTS) is 1. The fourth-order valence-corrected chi connectivity index (χ4v) is 4.43. The Morgan fingerprint density at radius 3 is 2.42 bits per heavy atom. The molecule has 7 heteroatoms. The van der Waals surface area contributed by atoms with Gasteiger partial charge in [-0.25, -0.2) is 13.6 Å². The van der Waals surface area contributed by atoms with E-state index < -0.39 is 23.0 Å². The van der Waals surface area contributed by atoms with Crippen LogP contribution in [0.1, 0.15) is 29.9 Å². The lowest BCUT2D eigenvalue weighted by Crippen LogP contribution is -2.27. The number of rotatable bonds is 6. The Kier molecular flexibility index (Phi) is 5.68. The standard InChI is InChI=1S/C26H23F2NO4/c1-26(2,14-33-3)24-22(16-7-4-5-8-17(16)25(31)32)23-20(9-6-10-21(23)30)29(24)15-11-12-18(27)19(28)13-15/h4-13,30H,14H2,1-3H3,(H,31,32). The van der Waals surface area contributed by atoms with Gasteiger partial charge in [0.1, 0.15) is 5.75 Å². The van der Waals surface area contributed by atoms with E-state index in [1.807, 2.05) is 13.8 Å². The molecule has 33 heavy (non-hydrogen) atoms. The van der Waals surface area contributed by atoms with E-state index in [4.69, 9.17) is 4.74 Å². The Labute approximate surface area is 189 Å². The predicted octanol–water partition coefficient (Wildman–Crippen LogP) is 5.90. The predicted molar refractivity (Wildman–Crippen MR) is 122 cm³/mol. The van der Waals surface area contributed by atoms with E-state index in [1.54, 1.807) is 42.0 Å². The van der Waals surface area contributed by atoms with Crippen LogP contribution in [0.4, 0.5) is 8.78 Å². The summed E-state index contributed by atoms with van der Waals surface area (Å²) in [5.41, 5.74) is 1.69. The van der Waals surface area contributed by atoms with Gasteiger partial charge >= 0.3 is 5.97 Å². The Bertz CT molecular complexity index is 1370. The number of hydrogen-bond donors (Lipinski definition) is 2. The molecule has 4 rings (SSSR count). The van der Waals surface area contributed by atoms with Gasteiger partial charge in [0.25, 0.3) is 0 Å². The molecule has 0 bridgehead atoms. The number of nitrogens with zero attached hydrogens (tertiary/aromatic N) is 1. The second-order valence-electron chi connectivity index (χ2n) is 8.50. The van der Waals surface area contributed by atoms with E-state index in [0.29, 0.717) is 33.4 Å². The first-order chi connectivity index (χ1) is 15.7. The van der Waals surface area contributed by atoms with Gasteiger partial charge in [0, 0.05) is 40.9 Å². The Morgan fingerprint density at radius 2 is 1.76 bits per heavy atom. The molecule has 0 amide bonds. The van der Waals surface area contributed by atoms with Gasteiger partial charge in [-0.15, -0.1) is 0 Å². The van der Waals surface area contributed by atoms with Crippen molar-refractivity contribution in [2.45, 2.75) is 19.3 Å². The lowest BCUT2D eigenvalue weighted by atomic mass is 9.83. The maximum absolute atomic E-state index is 14.3. The number of aromatic carboxylic acids is 1. The molecule has 2 N–H and O–H groups in total. The molecule has 0 saturated heterocycles. The van der Waals surface area contributed by atoms with E-state index in [1.165, 1.54) is 18.2 Å². The SMILES string of the molecule is COCC(C)(C)c1c(-c2ccccc2C(=O)O)c2c(O)cccc2n1-c1ccc(F)c(F)c1. The summed E-state index contributed by atoms with van der Waals surface area (Å²) < 4.78 is 35.2. The third-order valence-corrected chi connectivity index (χ3v) is 5.71. The third-order valence-electron chi connectivity index (χ3n) is 5.71. The Hall–Kier alpha value is -3.71. The van der Waals surface area contributed by atoms with E-state index in [2.05, 4.69) is 0 Å². The third kappa shape index (κ3) is 3.74. The summed E-state index contributed by atoms with van der Waals surface area (Å²) >= 11 is 0. The molecular weight excluding hydrogens is 428 g/mol. The molecule has 0 radical (unpaired) electrons. The number of carboxylic acids is 1. The Morgan fingerprint density at radius 1 is 1.03 bits per heavy atom. The van der Waals surface area contributed by atoms with Gasteiger partial charge in [0.15, 0.2) is 11.6 Å². The normalized spacial score (nSPS) is 11.8. The topological polar surface area (TPSA) is 71.7 Å². The maximum Gasteiger partial charge on any atom is 0.336 e. The van der Waals surface area contributed by atoms with Crippen molar-refractivity contribution in [2.24, 2.45) is 0 Å². The maximum atomic E-state index is 14.3. The minimum atomic E-state index is -1.12. The summed E-state index contributed by atoms with van der Waals surface area (Å²) in [6, 6.07) is 15.0. The highest BCUT2D eigenvalue weighted by molar-refractivity contribution is 6.08. The number of ether oxygens (including phenoxy) is 1. The minimum Gasteiger partial charge on any atom is -0.507 e. The molecule has 0 aliphatic rings. The van der Waals surface area contributed by atoms with Crippen molar-refractivity contribution in [3.8, 4) is 22.6 Å². The van der Waals surface area contributed by atoms with Crippen molar-refractivity contribution in [3.05, 3.63) is 83.6 Å². The summed E-state index contributed by atoms with van der Waals surface area (Å²) in [7, 11) is 1.55. The summed E-state index contributed by atoms with van der Waals surface area (Å²) in [5.74, 6) is -3.17. The molecule has 0 atom stereocenters. The lowest BCUT2D eigenvalue weighted by molar-refractivity contribution is 0.0697. The van der Waals surface area contributed by atoms with Gasteiger partial charge in [-0.05, 0) is 35.9 Å². The van der Waals surface area contributed by atoms with Crippen molar-refractivity contribution in [1.82, 2.24) is 4.57 Å². The molecule has 0 unspecified atom stereocenters. The van der Waals surface area contributed by atoms with Crippen LogP contribution >= 0.6 is 0 Å². The second kappa shape index (κ2) is 8.33. The number of halogens is 2. The zero-order valence-electron chi connectivity index (χ0n) is 18.4. The summed E-state index contributed by atoms with van der Waals surface area (Å²) in [6.45, 7) is 4.06. The van der Waals surface area contributed by atoms with Crippen LogP contribution in [0.15, 0.2) is 60.7 Å². The molecule has 3 aromatic carbocycles. The van der Waals surface area contributed by atoms with Crippen molar-refractivity contribution < 1.29 is 28.5 Å². The fraction of sp³-hybridized carbons (Fsp3) is 0.192. The molecule has 1 heterocycles. The van der Waals surface area contributed by atoms with Crippen LogP contribution in [0.2, 0.25) is 0 Å². The van der Waals surface area contributed by atoms with Gasteiger partial charge in [-0.2, -0.15) is 0 Å². The molecule has 5 nitrogen and oxygen atoms in total. The quantitative estimate of drug-likeness (QED) is 0.383.